The van der Waals surface area contributed by atoms with E-state index in [-0.39, 0.29) is 34.6 Å². The molecule has 0 amide bonds. The summed E-state index contributed by atoms with van der Waals surface area (Å²) in [5.41, 5.74) is 8.27. The highest BCUT2D eigenvalue weighted by atomic mass is 32.1. The second-order valence-corrected chi connectivity index (χ2v) is 45.3. The standard InChI is InChI=1S/C110H150F4N4O4S8/c1-15-27-37-41-51-75(47-33-21-7)67-119-105-72(14)101-102(116-129-115-101)96(106(105)120-68-76(48-34-22-8)52-42-38-28-16-2)87-59-57-85(124-87)79-55-56-80(100(114)99(79)113)86-58-60-88(125-86)97-103-104(118-130-117-103)98(108(122-70-78(50-36-24-10)54-44-40-30-18-4)107(97)121-69-77(49-35-23-9)53-43-39-29-17-3)91-64-82-95(93-66-84(112)90(127-93)63-74(26-12)46-32-20-6)109-81(61-71(13)123-109)94(110(82)128-91)92-65-83(111)89(126-92)62-73(25-11)45-31-19-5/h55-61,64-66,73-78H,15-54,62-63,67-70H2,1-14H3. The lowest BCUT2D eigenvalue weighted by Crippen LogP contribution is -2.16. The SMILES string of the molecule is CCCCCCC(CCCC)COc1c(OCC(CCCC)CCCCCC)c(-c2ccc(-c3ccc(-c4ccc(-c5c(OCC(CCCC)CCCCCC)c(OCC(CCCC)CCCCCC)c(-c6cc7c(-c8cc(F)c(CC(CC)CCCC)s8)c8sc(C)cc8c(-c8cc(F)c(CC(CC)CCCC)s8)c7s6)c6nsnc56)s4)c(F)c3F)s2)c2nsnc2c1C. The van der Waals surface area contributed by atoms with E-state index in [4.69, 9.17) is 36.4 Å². The van der Waals surface area contributed by atoms with Crippen molar-refractivity contribution in [2.45, 2.75) is 367 Å². The third-order valence-corrected chi connectivity index (χ3v) is 35.1. The molecule has 0 fully saturated rings. The highest BCUT2D eigenvalue weighted by Gasteiger charge is 2.35. The molecule has 8 nitrogen and oxygen atoms in total. The number of hydrogen-bond donors (Lipinski definition) is 0. The second-order valence-electron chi connectivity index (χ2n) is 37.5. The van der Waals surface area contributed by atoms with Gasteiger partial charge in [0.05, 0.1) is 66.6 Å². The van der Waals surface area contributed by atoms with Crippen LogP contribution in [0.4, 0.5) is 17.6 Å². The molecule has 0 saturated heterocycles. The van der Waals surface area contributed by atoms with Gasteiger partial charge in [-0.2, -0.15) is 17.5 Å². The zero-order valence-corrected chi connectivity index (χ0v) is 87.5. The van der Waals surface area contributed by atoms with Crippen molar-refractivity contribution in [2.75, 3.05) is 26.4 Å². The first-order valence-corrected chi connectivity index (χ1v) is 57.2. The van der Waals surface area contributed by atoms with Crippen molar-refractivity contribution >= 4 is 134 Å². The van der Waals surface area contributed by atoms with Crippen LogP contribution in [0.25, 0.3) is 115 Å². The summed E-state index contributed by atoms with van der Waals surface area (Å²) >= 11 is 11.7. The lowest BCUT2D eigenvalue weighted by Gasteiger charge is -2.24. The zero-order chi connectivity index (χ0) is 92.0. The Bertz CT molecular complexity index is 5330. The molecule has 0 N–H and O–H groups in total. The van der Waals surface area contributed by atoms with Gasteiger partial charge >= 0.3 is 0 Å². The van der Waals surface area contributed by atoms with Crippen LogP contribution in [0.15, 0.2) is 60.7 Å². The summed E-state index contributed by atoms with van der Waals surface area (Å²) < 4.78 is 123. The molecule has 12 rings (SSSR count). The molecular weight excluding hydrogens is 1770 g/mol. The summed E-state index contributed by atoms with van der Waals surface area (Å²) in [7, 11) is 0. The molecule has 0 bridgehead atoms. The average molecular weight is 1920 g/mol. The Morgan fingerprint density at radius 1 is 0.285 bits per heavy atom. The minimum absolute atomic E-state index is 0.151. The Labute approximate surface area is 809 Å². The number of benzene rings is 4. The van der Waals surface area contributed by atoms with Crippen molar-refractivity contribution < 1.29 is 36.5 Å². The molecule has 0 spiro atoms. The van der Waals surface area contributed by atoms with Gasteiger partial charge in [0.25, 0.3) is 0 Å². The van der Waals surface area contributed by atoms with Crippen LogP contribution >= 0.6 is 91.5 Å². The Hall–Kier alpha value is -5.84. The predicted molar refractivity (Wildman–Crippen MR) is 561 cm³/mol. The van der Waals surface area contributed by atoms with Crippen LogP contribution in [0.1, 0.15) is 360 Å². The zero-order valence-electron chi connectivity index (χ0n) is 81.0. The van der Waals surface area contributed by atoms with Gasteiger partial charge in [-0.25, -0.2) is 17.6 Å². The van der Waals surface area contributed by atoms with Crippen LogP contribution in [-0.2, 0) is 12.8 Å². The van der Waals surface area contributed by atoms with Crippen LogP contribution in [0.5, 0.6) is 23.0 Å². The number of fused-ring (bicyclic) bond motifs is 4. The molecule has 20 heteroatoms. The predicted octanol–water partition coefficient (Wildman–Crippen LogP) is 39.4. The quantitative estimate of drug-likeness (QED) is 0.0275. The van der Waals surface area contributed by atoms with Crippen molar-refractivity contribution in [3.05, 3.63) is 104 Å². The van der Waals surface area contributed by atoms with Crippen molar-refractivity contribution in [3.63, 3.8) is 0 Å². The summed E-state index contributed by atoms with van der Waals surface area (Å²) in [6, 6.07) is 19.5. The van der Waals surface area contributed by atoms with Gasteiger partial charge in [-0.1, -0.05) is 289 Å². The fourth-order valence-corrected chi connectivity index (χ4v) is 27.4. The molecule has 130 heavy (non-hydrogen) atoms. The van der Waals surface area contributed by atoms with Crippen LogP contribution in [-0.4, -0.2) is 43.9 Å². The molecule has 8 heterocycles. The molecule has 6 atom stereocenters. The van der Waals surface area contributed by atoms with E-state index in [0.29, 0.717) is 112 Å². The average Bonchev–Trinajstić information content (AvgIpc) is 1.55. The fraction of sp³-hybridized carbons (Fsp3) is 0.600. The van der Waals surface area contributed by atoms with E-state index < -0.39 is 11.6 Å². The monoisotopic (exact) mass is 1920 g/mol. The molecule has 8 aromatic heterocycles. The summed E-state index contributed by atoms with van der Waals surface area (Å²) in [4.78, 5) is 8.09. The maximum atomic E-state index is 18.1. The molecule has 0 saturated carbocycles. The van der Waals surface area contributed by atoms with Crippen LogP contribution in [0, 0.1) is 72.6 Å². The van der Waals surface area contributed by atoms with Gasteiger partial charge in [-0.05, 0) is 174 Å². The van der Waals surface area contributed by atoms with Crippen molar-refractivity contribution in [2.24, 2.45) is 35.5 Å². The van der Waals surface area contributed by atoms with E-state index >= 15 is 17.6 Å². The van der Waals surface area contributed by atoms with Crippen LogP contribution < -0.4 is 18.9 Å². The van der Waals surface area contributed by atoms with Crippen molar-refractivity contribution in [1.29, 1.82) is 0 Å². The van der Waals surface area contributed by atoms with E-state index in [1.54, 1.807) is 69.6 Å². The van der Waals surface area contributed by atoms with Gasteiger partial charge in [-0.15, -0.1) is 68.0 Å². The first-order valence-electron chi connectivity index (χ1n) is 50.9. The number of aromatic nitrogens is 4. The number of halogens is 4. The fourth-order valence-electron chi connectivity index (χ4n) is 19.2. The summed E-state index contributed by atoms with van der Waals surface area (Å²) in [6.45, 7) is 33.3. The normalized spacial score (nSPS) is 13.5. The van der Waals surface area contributed by atoms with Gasteiger partial charge in [0.2, 0.25) is 0 Å². The van der Waals surface area contributed by atoms with Gasteiger partial charge in [0.1, 0.15) is 33.7 Å². The van der Waals surface area contributed by atoms with Crippen LogP contribution in [0.3, 0.4) is 0 Å². The van der Waals surface area contributed by atoms with E-state index in [2.05, 4.69) is 109 Å². The van der Waals surface area contributed by atoms with Gasteiger partial charge in [0.15, 0.2) is 34.6 Å². The molecule has 0 aliphatic rings. The Kier molecular flexibility index (Phi) is 42.1. The number of hydrogen-bond acceptors (Lipinski definition) is 16. The maximum Gasteiger partial charge on any atom is 0.172 e. The highest BCUT2D eigenvalue weighted by Crippen LogP contribution is 2.60. The van der Waals surface area contributed by atoms with Crippen molar-refractivity contribution in [3.8, 4) is 96.1 Å². The first-order chi connectivity index (χ1) is 63.5. The molecule has 12 aromatic rings. The largest absolute Gasteiger partial charge is 0.489 e. The third-order valence-electron chi connectivity index (χ3n) is 27.2. The van der Waals surface area contributed by atoms with E-state index in [9.17, 15) is 0 Å². The summed E-state index contributed by atoms with van der Waals surface area (Å²) in [6.07, 6.45) is 45.7. The van der Waals surface area contributed by atoms with Gasteiger partial charge in [-0.3, -0.25) is 0 Å². The Morgan fingerprint density at radius 2 is 0.592 bits per heavy atom. The minimum atomic E-state index is -0.933. The maximum absolute atomic E-state index is 18.1. The molecule has 0 aliphatic carbocycles. The molecule has 6 unspecified atom stereocenters. The van der Waals surface area contributed by atoms with Crippen LogP contribution in [0.2, 0.25) is 0 Å². The van der Waals surface area contributed by atoms with Crippen molar-refractivity contribution in [1.82, 2.24) is 17.5 Å². The highest BCUT2D eigenvalue weighted by molar-refractivity contribution is 7.25. The second kappa shape index (κ2) is 53.0. The number of thiophene rings is 6. The Balaban J connectivity index is 1.03. The van der Waals surface area contributed by atoms with Gasteiger partial charge < -0.3 is 18.9 Å². The summed E-state index contributed by atoms with van der Waals surface area (Å²) in [5, 5.41) is 2.02. The minimum Gasteiger partial charge on any atom is -0.489 e. The summed E-state index contributed by atoms with van der Waals surface area (Å²) in [5.74, 6) is 2.29. The topological polar surface area (TPSA) is 88.5 Å². The van der Waals surface area contributed by atoms with E-state index in [1.807, 2.05) is 24.3 Å². The number of unbranched alkanes of at least 4 members (excludes halogenated alkanes) is 18. The number of nitrogens with zero attached hydrogens (tertiary/aromatic N) is 4. The number of rotatable bonds is 63. The molecule has 710 valence electrons. The third kappa shape index (κ3) is 26.3. The van der Waals surface area contributed by atoms with E-state index in [0.717, 1.165) is 309 Å². The first kappa shape index (κ1) is 103. The van der Waals surface area contributed by atoms with E-state index in [1.165, 1.54) is 92.2 Å². The van der Waals surface area contributed by atoms with Gasteiger partial charge in [0, 0.05) is 96.8 Å². The molecule has 0 aliphatic heterocycles. The number of aryl methyl sites for hydroxylation is 2. The molecule has 0 radical (unpaired) electrons. The molecule has 4 aromatic carbocycles. The lowest BCUT2D eigenvalue weighted by molar-refractivity contribution is 0.193. The smallest absolute Gasteiger partial charge is 0.172 e. The lowest BCUT2D eigenvalue weighted by atomic mass is 9.95. The Morgan fingerprint density at radius 3 is 0.969 bits per heavy atom. The molecular formula is C110H150F4N4O4S8. The number of ether oxygens (including phenoxy) is 4.